The third-order valence-corrected chi connectivity index (χ3v) is 6.89. The van der Waals surface area contributed by atoms with Crippen LogP contribution in [0, 0.1) is 5.82 Å². The third-order valence-electron chi connectivity index (χ3n) is 6.54. The number of aromatic nitrogens is 5. The average molecular weight is 495 g/mol. The lowest BCUT2D eigenvalue weighted by atomic mass is 10.0. The Balaban J connectivity index is 1.37. The van der Waals surface area contributed by atoms with Gasteiger partial charge in [-0.3, -0.25) is 0 Å². The Morgan fingerprint density at radius 2 is 1.91 bits per heavy atom. The van der Waals surface area contributed by atoms with Crippen LogP contribution in [0.2, 0.25) is 5.02 Å². The fourth-order valence-corrected chi connectivity index (χ4v) is 4.80. The highest BCUT2D eigenvalue weighted by Crippen LogP contribution is 2.32. The van der Waals surface area contributed by atoms with Crippen molar-refractivity contribution in [2.24, 2.45) is 0 Å². The van der Waals surface area contributed by atoms with Crippen LogP contribution in [-0.4, -0.2) is 48.7 Å². The highest BCUT2D eigenvalue weighted by molar-refractivity contribution is 6.31. The Morgan fingerprint density at radius 3 is 2.57 bits per heavy atom. The molecule has 4 aromatic rings. The van der Waals surface area contributed by atoms with Gasteiger partial charge in [0.1, 0.15) is 12.0 Å². The minimum absolute atomic E-state index is 0.0920. The number of aryl methyl sites for hydroxylation is 1. The molecule has 1 saturated heterocycles. The maximum absolute atomic E-state index is 15.2. The molecule has 1 aliphatic heterocycles. The zero-order chi connectivity index (χ0) is 24.5. The molecule has 35 heavy (non-hydrogen) atoms. The molecule has 0 unspecified atom stereocenters. The van der Waals surface area contributed by atoms with Gasteiger partial charge in [0.15, 0.2) is 5.82 Å². The lowest BCUT2D eigenvalue weighted by Crippen LogP contribution is -2.35. The van der Waals surface area contributed by atoms with Crippen LogP contribution in [0.1, 0.15) is 53.0 Å². The fraction of sp³-hybridized carbons (Fsp3) is 0.320. The zero-order valence-electron chi connectivity index (χ0n) is 19.2. The van der Waals surface area contributed by atoms with E-state index in [9.17, 15) is 4.79 Å². The first-order valence-electron chi connectivity index (χ1n) is 11.5. The smallest absolute Gasteiger partial charge is 0.335 e. The fourth-order valence-electron chi connectivity index (χ4n) is 4.55. The lowest BCUT2D eigenvalue weighted by Gasteiger charge is -2.32. The Labute approximate surface area is 206 Å². The number of hydrogen-bond donors (Lipinski definition) is 1. The quantitative estimate of drug-likeness (QED) is 0.414. The van der Waals surface area contributed by atoms with E-state index in [1.165, 1.54) is 24.7 Å². The predicted octanol–water partition coefficient (Wildman–Crippen LogP) is 4.71. The van der Waals surface area contributed by atoms with Crippen molar-refractivity contribution in [3.63, 3.8) is 0 Å². The van der Waals surface area contributed by atoms with Crippen molar-refractivity contribution in [3.8, 4) is 0 Å². The van der Waals surface area contributed by atoms with Gasteiger partial charge in [-0.2, -0.15) is 0 Å². The van der Waals surface area contributed by atoms with E-state index in [2.05, 4.69) is 31.8 Å². The summed E-state index contributed by atoms with van der Waals surface area (Å²) in [6.45, 7) is 3.60. The summed E-state index contributed by atoms with van der Waals surface area (Å²) >= 11 is 6.30. The van der Waals surface area contributed by atoms with Crippen LogP contribution in [0.15, 0.2) is 43.1 Å². The van der Waals surface area contributed by atoms with Gasteiger partial charge in [-0.25, -0.2) is 29.1 Å². The van der Waals surface area contributed by atoms with Crippen LogP contribution < -0.4 is 4.90 Å². The van der Waals surface area contributed by atoms with Gasteiger partial charge in [-0.15, -0.1) is 0 Å². The monoisotopic (exact) mass is 494 g/mol. The summed E-state index contributed by atoms with van der Waals surface area (Å²) in [7, 11) is 0. The number of nitrogens with zero attached hydrogens (tertiary/aromatic N) is 6. The first-order chi connectivity index (χ1) is 16.9. The number of halogens is 2. The van der Waals surface area contributed by atoms with Crippen LogP contribution in [0.25, 0.3) is 11.0 Å². The highest BCUT2D eigenvalue weighted by Gasteiger charge is 2.26. The molecular weight excluding hydrogens is 471 g/mol. The van der Waals surface area contributed by atoms with Crippen molar-refractivity contribution < 1.29 is 14.3 Å². The Bertz CT molecular complexity index is 1380. The van der Waals surface area contributed by atoms with E-state index in [0.29, 0.717) is 27.3 Å². The van der Waals surface area contributed by atoms with E-state index in [1.54, 1.807) is 6.07 Å². The molecule has 0 amide bonds. The number of piperidine rings is 1. The van der Waals surface area contributed by atoms with E-state index in [4.69, 9.17) is 16.7 Å². The van der Waals surface area contributed by atoms with Crippen LogP contribution in [0.3, 0.4) is 0 Å². The van der Waals surface area contributed by atoms with Crippen LogP contribution in [-0.2, 0) is 12.8 Å². The number of fused-ring (bicyclic) bond motifs is 1. The normalized spacial score (nSPS) is 14.5. The van der Waals surface area contributed by atoms with Gasteiger partial charge < -0.3 is 14.6 Å². The molecule has 0 saturated carbocycles. The molecule has 1 aromatic carbocycles. The van der Waals surface area contributed by atoms with Gasteiger partial charge in [-0.05, 0) is 42.5 Å². The molecule has 0 aliphatic carbocycles. The minimum atomic E-state index is -1.05. The van der Waals surface area contributed by atoms with Gasteiger partial charge >= 0.3 is 5.97 Å². The molecule has 1 aliphatic rings. The van der Waals surface area contributed by atoms with Gasteiger partial charge in [0, 0.05) is 49.2 Å². The Kier molecular flexibility index (Phi) is 6.34. The maximum atomic E-state index is 15.2. The summed E-state index contributed by atoms with van der Waals surface area (Å²) in [5.41, 5.74) is 2.94. The van der Waals surface area contributed by atoms with Gasteiger partial charge in [-0.1, -0.05) is 24.6 Å². The summed E-state index contributed by atoms with van der Waals surface area (Å²) in [4.78, 5) is 31.0. The molecular formula is C25H24ClFN6O2. The average Bonchev–Trinajstić information content (AvgIpc) is 3.22. The molecule has 0 spiro atoms. The van der Waals surface area contributed by atoms with Gasteiger partial charge in [0.2, 0.25) is 5.95 Å². The number of carbonyl (C=O) groups is 1. The lowest BCUT2D eigenvalue weighted by molar-refractivity contribution is 0.0697. The number of anilines is 1. The van der Waals surface area contributed by atoms with Crippen molar-refractivity contribution in [2.75, 3.05) is 18.0 Å². The number of carboxylic acid groups (broad SMARTS) is 1. The molecule has 0 radical (unpaired) electrons. The van der Waals surface area contributed by atoms with E-state index >= 15 is 4.39 Å². The standard InChI is InChI=1S/C25H24ClFN6O2/c1-2-15-11-28-25(29-12-15)32-7-5-18(6-8-32)33-13-20(27)22-21(30-14-31-23(22)33)10-16-3-4-17(24(34)35)9-19(16)26/h3-4,9,11-14,18H,2,5-8,10H2,1H3,(H,34,35). The van der Waals surface area contributed by atoms with Gasteiger partial charge in [0.25, 0.3) is 0 Å². The largest absolute Gasteiger partial charge is 0.478 e. The molecule has 180 valence electrons. The first-order valence-corrected chi connectivity index (χ1v) is 11.9. The van der Waals surface area contributed by atoms with E-state index < -0.39 is 5.97 Å². The first kappa shape index (κ1) is 23.2. The van der Waals surface area contributed by atoms with Crippen LogP contribution in [0.5, 0.6) is 0 Å². The van der Waals surface area contributed by atoms with Gasteiger partial charge in [0.05, 0.1) is 16.6 Å². The molecule has 0 atom stereocenters. The number of hydrogen-bond acceptors (Lipinski definition) is 6. The summed E-state index contributed by atoms with van der Waals surface area (Å²) in [5, 5.41) is 9.83. The van der Waals surface area contributed by atoms with Crippen LogP contribution >= 0.6 is 11.6 Å². The Morgan fingerprint density at radius 1 is 1.17 bits per heavy atom. The molecule has 0 bridgehead atoms. The number of rotatable bonds is 6. The van der Waals surface area contributed by atoms with Crippen molar-refractivity contribution in [1.82, 2.24) is 24.5 Å². The molecule has 3 aromatic heterocycles. The molecule has 1 N–H and O–H groups in total. The SMILES string of the molecule is CCc1cnc(N2CCC(n3cc(F)c4c(Cc5ccc(C(=O)O)cc5Cl)ncnc43)CC2)nc1. The highest BCUT2D eigenvalue weighted by atomic mass is 35.5. The molecule has 10 heteroatoms. The second-order valence-electron chi connectivity index (χ2n) is 8.65. The summed E-state index contributed by atoms with van der Waals surface area (Å²) < 4.78 is 17.1. The summed E-state index contributed by atoms with van der Waals surface area (Å²) in [5.74, 6) is -0.712. The number of aromatic carboxylic acids is 1. The molecule has 8 nitrogen and oxygen atoms in total. The van der Waals surface area contributed by atoms with Crippen molar-refractivity contribution >= 4 is 34.6 Å². The predicted molar refractivity (Wildman–Crippen MR) is 131 cm³/mol. The minimum Gasteiger partial charge on any atom is -0.478 e. The van der Waals surface area contributed by atoms with Crippen molar-refractivity contribution in [3.05, 3.63) is 76.3 Å². The molecule has 4 heterocycles. The van der Waals surface area contributed by atoms with Crippen LogP contribution in [0.4, 0.5) is 10.3 Å². The zero-order valence-corrected chi connectivity index (χ0v) is 19.9. The van der Waals surface area contributed by atoms with E-state index in [0.717, 1.165) is 43.9 Å². The number of carboxylic acids is 1. The van der Waals surface area contributed by atoms with Crippen molar-refractivity contribution in [1.29, 1.82) is 0 Å². The van der Waals surface area contributed by atoms with Crippen molar-refractivity contribution in [2.45, 2.75) is 38.6 Å². The molecule has 1 fully saturated rings. The second kappa shape index (κ2) is 9.58. The Hall–Kier alpha value is -3.59. The molecule has 5 rings (SSSR count). The maximum Gasteiger partial charge on any atom is 0.335 e. The summed E-state index contributed by atoms with van der Waals surface area (Å²) in [6.07, 6.45) is 9.46. The van der Waals surface area contributed by atoms with E-state index in [-0.39, 0.29) is 23.8 Å². The number of benzene rings is 1. The topological polar surface area (TPSA) is 97.0 Å². The summed E-state index contributed by atoms with van der Waals surface area (Å²) in [6, 6.07) is 4.61. The third kappa shape index (κ3) is 4.55. The second-order valence-corrected chi connectivity index (χ2v) is 9.06. The van der Waals surface area contributed by atoms with E-state index in [1.807, 2.05) is 17.0 Å².